The van der Waals surface area contributed by atoms with Gasteiger partial charge in [0.1, 0.15) is 0 Å². The SMILES string of the molecule is CCOC(=O)C[P+](=O)C(OCC)OCC. The average molecular weight is 237 g/mol. The molecule has 1 unspecified atom stereocenters. The third kappa shape index (κ3) is 6.55. The first kappa shape index (κ1) is 14.5. The molecular formula is C9H18O5P+. The third-order valence-electron chi connectivity index (χ3n) is 1.44. The van der Waals surface area contributed by atoms with Crippen LogP contribution in [0.3, 0.4) is 0 Å². The summed E-state index contributed by atoms with van der Waals surface area (Å²) < 4.78 is 26.5. The zero-order valence-corrected chi connectivity index (χ0v) is 10.3. The monoisotopic (exact) mass is 237 g/mol. The maximum atomic E-state index is 11.6. The molecule has 0 amide bonds. The van der Waals surface area contributed by atoms with Crippen LogP contribution in [0.5, 0.6) is 0 Å². The second-order valence-electron chi connectivity index (χ2n) is 2.60. The Hall–Kier alpha value is -0.510. The molecule has 0 saturated heterocycles. The molecule has 0 aliphatic heterocycles. The molecule has 0 aromatic carbocycles. The molecule has 0 fully saturated rings. The Balaban J connectivity index is 4.06. The molecule has 15 heavy (non-hydrogen) atoms. The van der Waals surface area contributed by atoms with Crippen molar-refractivity contribution in [1.82, 2.24) is 0 Å². The van der Waals surface area contributed by atoms with Gasteiger partial charge in [-0.1, -0.05) is 4.57 Å². The van der Waals surface area contributed by atoms with Crippen LogP contribution in [0.1, 0.15) is 20.8 Å². The standard InChI is InChI=1S/C9H18O5P/c1-4-12-8(10)7-15(11)9(13-5-2)14-6-3/h9H,4-7H2,1-3H3/q+1. The van der Waals surface area contributed by atoms with Gasteiger partial charge in [0.25, 0.3) is 0 Å². The maximum absolute atomic E-state index is 11.6. The van der Waals surface area contributed by atoms with E-state index in [1.165, 1.54) is 0 Å². The molecule has 0 N–H and O–H groups in total. The fourth-order valence-corrected chi connectivity index (χ4v) is 2.03. The highest BCUT2D eigenvalue weighted by Crippen LogP contribution is 2.29. The van der Waals surface area contributed by atoms with Crippen LogP contribution in [0.15, 0.2) is 0 Å². The van der Waals surface area contributed by atoms with Crippen molar-refractivity contribution in [2.24, 2.45) is 0 Å². The molecule has 0 saturated carbocycles. The van der Waals surface area contributed by atoms with Crippen LogP contribution in [-0.2, 0) is 23.6 Å². The van der Waals surface area contributed by atoms with Gasteiger partial charge in [-0.05, 0) is 20.8 Å². The normalized spacial score (nSPS) is 11.6. The van der Waals surface area contributed by atoms with Gasteiger partial charge in [-0.3, -0.25) is 0 Å². The number of carbonyl (C=O) groups is 1. The van der Waals surface area contributed by atoms with Gasteiger partial charge in [0.05, 0.1) is 19.8 Å². The maximum Gasteiger partial charge on any atom is 0.413 e. The van der Waals surface area contributed by atoms with Gasteiger partial charge < -0.3 is 14.2 Å². The van der Waals surface area contributed by atoms with Crippen LogP contribution in [0.25, 0.3) is 0 Å². The van der Waals surface area contributed by atoms with Crippen molar-refractivity contribution < 1.29 is 23.6 Å². The highest BCUT2D eigenvalue weighted by atomic mass is 31.1. The molecule has 0 rings (SSSR count). The molecule has 0 radical (unpaired) electrons. The number of hydrogen-bond acceptors (Lipinski definition) is 5. The van der Waals surface area contributed by atoms with Crippen LogP contribution in [-0.4, -0.2) is 38.0 Å². The van der Waals surface area contributed by atoms with E-state index in [4.69, 9.17) is 9.47 Å². The number of rotatable bonds is 8. The highest BCUT2D eigenvalue weighted by Gasteiger charge is 2.34. The van der Waals surface area contributed by atoms with E-state index in [-0.39, 0.29) is 12.8 Å². The van der Waals surface area contributed by atoms with E-state index in [1.807, 2.05) is 0 Å². The zero-order chi connectivity index (χ0) is 11.7. The van der Waals surface area contributed by atoms with Gasteiger partial charge in [-0.25, -0.2) is 4.79 Å². The van der Waals surface area contributed by atoms with Gasteiger partial charge >= 0.3 is 19.8 Å². The molecule has 0 heterocycles. The van der Waals surface area contributed by atoms with E-state index < -0.39 is 19.8 Å². The van der Waals surface area contributed by atoms with Crippen molar-refractivity contribution in [3.63, 3.8) is 0 Å². The molecule has 0 spiro atoms. The first-order valence-corrected chi connectivity index (χ1v) is 6.49. The minimum atomic E-state index is -1.88. The molecular weight excluding hydrogens is 219 g/mol. The highest BCUT2D eigenvalue weighted by molar-refractivity contribution is 7.46. The largest absolute Gasteiger partial charge is 0.463 e. The summed E-state index contributed by atoms with van der Waals surface area (Å²) in [6.07, 6.45) is -0.159. The summed E-state index contributed by atoms with van der Waals surface area (Å²) in [6.45, 7) is 6.34. The Morgan fingerprint density at radius 3 is 2.07 bits per heavy atom. The number of esters is 1. The third-order valence-corrected chi connectivity index (χ3v) is 2.78. The van der Waals surface area contributed by atoms with Gasteiger partial charge in [0.2, 0.25) is 6.16 Å². The lowest BCUT2D eigenvalue weighted by Gasteiger charge is -2.06. The Bertz CT molecular complexity index is 201. The Labute approximate surface area is 90.9 Å². The molecule has 0 aliphatic carbocycles. The molecule has 6 heteroatoms. The van der Waals surface area contributed by atoms with Gasteiger partial charge in [-0.15, -0.1) is 0 Å². The van der Waals surface area contributed by atoms with E-state index in [0.29, 0.717) is 13.2 Å². The lowest BCUT2D eigenvalue weighted by molar-refractivity contribution is -0.140. The molecule has 0 aromatic rings. The predicted octanol–water partition coefficient (Wildman–Crippen LogP) is 1.73. The van der Waals surface area contributed by atoms with Crippen molar-refractivity contribution in [3.05, 3.63) is 0 Å². The molecule has 88 valence electrons. The summed E-state index contributed by atoms with van der Waals surface area (Å²) in [6, 6.07) is -0.806. The summed E-state index contributed by atoms with van der Waals surface area (Å²) in [5, 5.41) is 0. The van der Waals surface area contributed by atoms with Crippen molar-refractivity contribution in [3.8, 4) is 0 Å². The first-order chi connectivity index (χ1) is 7.15. The van der Waals surface area contributed by atoms with Crippen molar-refractivity contribution >= 4 is 13.8 Å². The second kappa shape index (κ2) is 8.77. The zero-order valence-electron chi connectivity index (χ0n) is 9.39. The quantitative estimate of drug-likeness (QED) is 0.365. The van der Waals surface area contributed by atoms with E-state index in [0.717, 1.165) is 0 Å². The van der Waals surface area contributed by atoms with Crippen molar-refractivity contribution in [1.29, 1.82) is 0 Å². The minimum Gasteiger partial charge on any atom is -0.463 e. The van der Waals surface area contributed by atoms with Gasteiger partial charge in [0, 0.05) is 0 Å². The number of hydrogen-bond donors (Lipinski definition) is 0. The smallest absolute Gasteiger partial charge is 0.413 e. The molecule has 5 nitrogen and oxygen atoms in total. The first-order valence-electron chi connectivity index (χ1n) is 4.98. The summed E-state index contributed by atoms with van der Waals surface area (Å²) in [4.78, 5) is 11.0. The molecule has 0 bridgehead atoms. The fraction of sp³-hybridized carbons (Fsp3) is 0.889. The predicted molar refractivity (Wildman–Crippen MR) is 56.1 cm³/mol. The number of ether oxygens (including phenoxy) is 3. The summed E-state index contributed by atoms with van der Waals surface area (Å²) in [5.74, 6) is -0.483. The summed E-state index contributed by atoms with van der Waals surface area (Å²) >= 11 is 0. The molecule has 1 atom stereocenters. The van der Waals surface area contributed by atoms with E-state index in [2.05, 4.69) is 4.74 Å². The summed E-state index contributed by atoms with van der Waals surface area (Å²) in [5.41, 5.74) is 0. The second-order valence-corrected chi connectivity index (χ2v) is 4.17. The molecule has 0 aliphatic rings. The lowest BCUT2D eigenvalue weighted by atomic mass is 10.8. The Morgan fingerprint density at radius 2 is 1.67 bits per heavy atom. The van der Waals surface area contributed by atoms with E-state index >= 15 is 0 Å². The van der Waals surface area contributed by atoms with E-state index in [1.54, 1.807) is 20.8 Å². The van der Waals surface area contributed by atoms with Gasteiger partial charge in [0.15, 0.2) is 0 Å². The summed E-state index contributed by atoms with van der Waals surface area (Å²) in [7, 11) is -1.88. The Kier molecular flexibility index (Phi) is 8.47. The number of carbonyl (C=O) groups excluding carboxylic acids is 1. The van der Waals surface area contributed by atoms with Crippen LogP contribution in [0.2, 0.25) is 0 Å². The van der Waals surface area contributed by atoms with Crippen molar-refractivity contribution in [2.45, 2.75) is 26.8 Å². The fourth-order valence-electron chi connectivity index (χ4n) is 0.908. The molecule has 0 aromatic heterocycles. The lowest BCUT2D eigenvalue weighted by Crippen LogP contribution is -2.17. The van der Waals surface area contributed by atoms with Crippen LogP contribution in [0, 0.1) is 0 Å². The van der Waals surface area contributed by atoms with Crippen LogP contribution < -0.4 is 0 Å². The van der Waals surface area contributed by atoms with E-state index in [9.17, 15) is 9.36 Å². The van der Waals surface area contributed by atoms with Crippen molar-refractivity contribution in [2.75, 3.05) is 26.0 Å². The topological polar surface area (TPSA) is 61.8 Å². The van der Waals surface area contributed by atoms with Crippen LogP contribution in [0.4, 0.5) is 0 Å². The Morgan fingerprint density at radius 1 is 1.13 bits per heavy atom. The van der Waals surface area contributed by atoms with Gasteiger partial charge in [-0.2, -0.15) is 0 Å². The minimum absolute atomic E-state index is 0.159. The van der Waals surface area contributed by atoms with Crippen LogP contribution >= 0.6 is 7.80 Å². The average Bonchev–Trinajstić information content (AvgIpc) is 2.17.